The zero-order valence-corrected chi connectivity index (χ0v) is 18.3. The van der Waals surface area contributed by atoms with Crippen molar-refractivity contribution < 1.29 is 18.7 Å². The molecule has 2 aliphatic rings. The molecule has 30 heavy (non-hydrogen) atoms. The molecule has 8 nitrogen and oxygen atoms in total. The van der Waals surface area contributed by atoms with Crippen molar-refractivity contribution in [2.75, 3.05) is 52.5 Å². The van der Waals surface area contributed by atoms with Gasteiger partial charge in [-0.25, -0.2) is 4.79 Å². The van der Waals surface area contributed by atoms with Crippen LogP contribution in [0.5, 0.6) is 0 Å². The predicted molar refractivity (Wildman–Crippen MR) is 116 cm³/mol. The van der Waals surface area contributed by atoms with E-state index in [0.29, 0.717) is 38.2 Å². The van der Waals surface area contributed by atoms with E-state index in [-0.39, 0.29) is 6.09 Å². The molecule has 168 valence electrons. The summed E-state index contributed by atoms with van der Waals surface area (Å²) in [6, 6.07) is 4.21. The van der Waals surface area contributed by atoms with Gasteiger partial charge in [0, 0.05) is 57.7 Å². The monoisotopic (exact) mass is 420 g/mol. The van der Waals surface area contributed by atoms with Crippen molar-refractivity contribution >= 4 is 12.1 Å². The molecule has 1 unspecified atom stereocenters. The van der Waals surface area contributed by atoms with Crippen LogP contribution in [0.25, 0.3) is 0 Å². The first-order valence-electron chi connectivity index (χ1n) is 11.3. The van der Waals surface area contributed by atoms with Crippen molar-refractivity contribution in [1.29, 1.82) is 0 Å². The lowest BCUT2D eigenvalue weighted by atomic mass is 10.1. The summed E-state index contributed by atoms with van der Waals surface area (Å²) in [6.45, 7) is 9.94. The van der Waals surface area contributed by atoms with Crippen LogP contribution in [0.3, 0.4) is 0 Å². The molecule has 2 aliphatic heterocycles. The van der Waals surface area contributed by atoms with Gasteiger partial charge in [0.2, 0.25) is 0 Å². The first-order valence-corrected chi connectivity index (χ1v) is 11.3. The SMILES string of the molecule is CCOCC1CCN(C(=NCCc2ccco2)NC2CCN(C(=O)OCC)CC2)C1. The molecule has 2 fully saturated rings. The Bertz CT molecular complexity index is 656. The average molecular weight is 421 g/mol. The number of aliphatic imine (C=N–C) groups is 1. The highest BCUT2D eigenvalue weighted by atomic mass is 16.6. The Kier molecular flexibility index (Phi) is 8.86. The molecular weight excluding hydrogens is 384 g/mol. The molecule has 0 bridgehead atoms. The molecule has 0 aliphatic carbocycles. The molecule has 1 N–H and O–H groups in total. The van der Waals surface area contributed by atoms with Gasteiger partial charge in [-0.15, -0.1) is 0 Å². The van der Waals surface area contributed by atoms with E-state index in [9.17, 15) is 4.79 Å². The lowest BCUT2D eigenvalue weighted by Gasteiger charge is -2.34. The minimum Gasteiger partial charge on any atom is -0.469 e. The highest BCUT2D eigenvalue weighted by Crippen LogP contribution is 2.18. The number of guanidine groups is 1. The number of likely N-dealkylation sites (tertiary alicyclic amines) is 2. The van der Waals surface area contributed by atoms with E-state index < -0.39 is 0 Å². The molecule has 1 aromatic heterocycles. The van der Waals surface area contributed by atoms with Gasteiger partial charge in [-0.2, -0.15) is 0 Å². The molecule has 0 radical (unpaired) electrons. The van der Waals surface area contributed by atoms with E-state index in [1.807, 2.05) is 26.0 Å². The van der Waals surface area contributed by atoms with Crippen LogP contribution in [0.2, 0.25) is 0 Å². The van der Waals surface area contributed by atoms with Gasteiger partial charge in [0.05, 0.1) is 19.5 Å². The molecular formula is C22H36N4O4. The molecule has 1 atom stereocenters. The summed E-state index contributed by atoms with van der Waals surface area (Å²) < 4.78 is 16.2. The summed E-state index contributed by atoms with van der Waals surface area (Å²) in [7, 11) is 0. The van der Waals surface area contributed by atoms with Gasteiger partial charge in [-0.3, -0.25) is 4.99 Å². The minimum atomic E-state index is -0.207. The third-order valence-corrected chi connectivity index (χ3v) is 5.70. The smallest absolute Gasteiger partial charge is 0.409 e. The minimum absolute atomic E-state index is 0.207. The Morgan fingerprint density at radius 2 is 2.00 bits per heavy atom. The van der Waals surface area contributed by atoms with Gasteiger partial charge < -0.3 is 29.0 Å². The van der Waals surface area contributed by atoms with E-state index in [1.165, 1.54) is 0 Å². The van der Waals surface area contributed by atoms with Crippen molar-refractivity contribution in [3.8, 4) is 0 Å². The number of piperidine rings is 1. The first-order chi connectivity index (χ1) is 14.7. The molecule has 1 amide bonds. The number of carbonyl (C=O) groups excluding carboxylic acids is 1. The third kappa shape index (κ3) is 6.65. The standard InChI is InChI=1S/C22H36N4O4/c1-3-28-17-18-8-12-26(16-18)21(23-11-7-20-6-5-15-30-20)24-19-9-13-25(14-10-19)22(27)29-4-2/h5-6,15,18-19H,3-4,7-14,16-17H2,1-2H3,(H,23,24). The highest BCUT2D eigenvalue weighted by molar-refractivity contribution is 5.80. The van der Waals surface area contributed by atoms with E-state index >= 15 is 0 Å². The van der Waals surface area contributed by atoms with Crippen LogP contribution in [0, 0.1) is 5.92 Å². The summed E-state index contributed by atoms with van der Waals surface area (Å²) in [5.41, 5.74) is 0. The normalized spacial score (nSPS) is 20.6. The summed E-state index contributed by atoms with van der Waals surface area (Å²) in [5, 5.41) is 3.67. The number of nitrogens with zero attached hydrogens (tertiary/aromatic N) is 3. The fraction of sp³-hybridized carbons (Fsp3) is 0.727. The van der Waals surface area contributed by atoms with Crippen LogP contribution < -0.4 is 5.32 Å². The maximum Gasteiger partial charge on any atom is 0.409 e. The lowest BCUT2D eigenvalue weighted by Crippen LogP contribution is -2.50. The van der Waals surface area contributed by atoms with Crippen LogP contribution in [0.4, 0.5) is 4.79 Å². The summed E-state index contributed by atoms with van der Waals surface area (Å²) >= 11 is 0. The second-order valence-corrected chi connectivity index (χ2v) is 7.90. The molecule has 2 saturated heterocycles. The molecule has 8 heteroatoms. The number of rotatable bonds is 8. The lowest BCUT2D eigenvalue weighted by molar-refractivity contribution is 0.0961. The second-order valence-electron chi connectivity index (χ2n) is 7.90. The number of amides is 1. The van der Waals surface area contributed by atoms with Crippen LogP contribution in [0.1, 0.15) is 38.9 Å². The van der Waals surface area contributed by atoms with E-state index in [1.54, 1.807) is 11.2 Å². The predicted octanol–water partition coefficient (Wildman–Crippen LogP) is 2.75. The Balaban J connectivity index is 1.55. The van der Waals surface area contributed by atoms with Crippen molar-refractivity contribution in [3.05, 3.63) is 24.2 Å². The van der Waals surface area contributed by atoms with E-state index in [4.69, 9.17) is 18.9 Å². The number of carbonyl (C=O) groups is 1. The Morgan fingerprint density at radius 3 is 2.70 bits per heavy atom. The fourth-order valence-electron chi connectivity index (χ4n) is 4.01. The number of furan rings is 1. The largest absolute Gasteiger partial charge is 0.469 e. The molecule has 0 aromatic carbocycles. The van der Waals surface area contributed by atoms with Crippen LogP contribution in [-0.4, -0.2) is 80.4 Å². The number of nitrogens with one attached hydrogen (secondary N) is 1. The molecule has 0 saturated carbocycles. The van der Waals surface area contributed by atoms with Gasteiger partial charge in [0.15, 0.2) is 5.96 Å². The summed E-state index contributed by atoms with van der Waals surface area (Å²) in [5.74, 6) is 2.47. The summed E-state index contributed by atoms with van der Waals surface area (Å²) in [6.07, 6.45) is 5.20. The van der Waals surface area contributed by atoms with Crippen LogP contribution in [0.15, 0.2) is 27.8 Å². The average Bonchev–Trinajstić information content (AvgIpc) is 3.44. The molecule has 0 spiro atoms. The second kappa shape index (κ2) is 11.8. The number of hydrogen-bond donors (Lipinski definition) is 1. The van der Waals surface area contributed by atoms with Gasteiger partial charge in [-0.1, -0.05) is 0 Å². The topological polar surface area (TPSA) is 79.5 Å². The van der Waals surface area contributed by atoms with E-state index in [2.05, 4.69) is 10.2 Å². The van der Waals surface area contributed by atoms with E-state index in [0.717, 1.165) is 63.7 Å². The third-order valence-electron chi connectivity index (χ3n) is 5.70. The Morgan fingerprint density at radius 1 is 1.20 bits per heavy atom. The zero-order chi connectivity index (χ0) is 21.2. The molecule has 3 rings (SSSR count). The van der Waals surface area contributed by atoms with Gasteiger partial charge in [0.1, 0.15) is 5.76 Å². The maximum atomic E-state index is 11.9. The van der Waals surface area contributed by atoms with Crippen LogP contribution >= 0.6 is 0 Å². The van der Waals surface area contributed by atoms with Crippen molar-refractivity contribution in [3.63, 3.8) is 0 Å². The highest BCUT2D eigenvalue weighted by Gasteiger charge is 2.28. The first kappa shape index (κ1) is 22.5. The molecule has 3 heterocycles. The Labute approximate surface area is 179 Å². The van der Waals surface area contributed by atoms with Crippen LogP contribution in [-0.2, 0) is 15.9 Å². The molecule has 1 aromatic rings. The van der Waals surface area contributed by atoms with Gasteiger partial charge in [0.25, 0.3) is 0 Å². The number of ether oxygens (including phenoxy) is 2. The van der Waals surface area contributed by atoms with Gasteiger partial charge >= 0.3 is 6.09 Å². The quantitative estimate of drug-likeness (QED) is 0.515. The van der Waals surface area contributed by atoms with Crippen molar-refractivity contribution in [2.45, 2.75) is 45.6 Å². The maximum absolute atomic E-state index is 11.9. The van der Waals surface area contributed by atoms with Crippen molar-refractivity contribution in [1.82, 2.24) is 15.1 Å². The summed E-state index contributed by atoms with van der Waals surface area (Å²) in [4.78, 5) is 21.0. The zero-order valence-electron chi connectivity index (χ0n) is 18.3. The van der Waals surface area contributed by atoms with Gasteiger partial charge in [-0.05, 0) is 45.2 Å². The number of hydrogen-bond acceptors (Lipinski definition) is 5. The van der Waals surface area contributed by atoms with Crippen molar-refractivity contribution in [2.24, 2.45) is 10.9 Å². The fourth-order valence-corrected chi connectivity index (χ4v) is 4.01. The Hall–Kier alpha value is -2.22.